The largest absolute Gasteiger partial charge is 0.378 e. The number of halogens is 2. The van der Waals surface area contributed by atoms with Crippen molar-refractivity contribution in [1.29, 1.82) is 0 Å². The van der Waals surface area contributed by atoms with E-state index in [1.807, 2.05) is 25.2 Å². The zero-order valence-corrected chi connectivity index (χ0v) is 12.3. The molecule has 1 aliphatic rings. The Morgan fingerprint density at radius 1 is 1.44 bits per heavy atom. The van der Waals surface area contributed by atoms with E-state index in [0.29, 0.717) is 18.1 Å². The molecule has 2 rings (SSSR count). The molecule has 0 radical (unpaired) electrons. The number of hydrogen-bond donors (Lipinski definition) is 1. The number of likely N-dealkylation sites (N-methyl/N-ethyl adjacent to an activating group) is 1. The number of ether oxygens (including phenoxy) is 1. The molecule has 18 heavy (non-hydrogen) atoms. The minimum Gasteiger partial charge on any atom is -0.378 e. The summed E-state index contributed by atoms with van der Waals surface area (Å²) in [6, 6.07) is 6.01. The Labute approximate surface area is 119 Å². The summed E-state index contributed by atoms with van der Waals surface area (Å²) in [5.41, 5.74) is 1.10. The number of hydrogen-bond acceptors (Lipinski definition) is 2. The maximum absolute atomic E-state index is 6.22. The van der Waals surface area contributed by atoms with Gasteiger partial charge in [-0.2, -0.15) is 0 Å². The molecule has 1 aliphatic heterocycles. The van der Waals surface area contributed by atoms with Crippen LogP contribution < -0.4 is 5.32 Å². The van der Waals surface area contributed by atoms with Crippen LogP contribution in [0.15, 0.2) is 18.2 Å². The van der Waals surface area contributed by atoms with Crippen molar-refractivity contribution in [3.8, 4) is 0 Å². The molecule has 0 aliphatic carbocycles. The normalized spacial score (nSPS) is 25.3. The van der Waals surface area contributed by atoms with E-state index in [2.05, 4.69) is 12.2 Å². The van der Waals surface area contributed by atoms with Gasteiger partial charge in [-0.15, -0.1) is 0 Å². The van der Waals surface area contributed by atoms with Crippen LogP contribution >= 0.6 is 23.2 Å². The molecule has 4 heteroatoms. The molecule has 3 unspecified atom stereocenters. The Balaban J connectivity index is 2.12. The zero-order chi connectivity index (χ0) is 13.1. The first-order chi connectivity index (χ1) is 8.61. The van der Waals surface area contributed by atoms with E-state index >= 15 is 0 Å². The van der Waals surface area contributed by atoms with Gasteiger partial charge in [-0.3, -0.25) is 0 Å². The number of nitrogens with one attached hydrogen (secondary N) is 1. The van der Waals surface area contributed by atoms with Crippen LogP contribution in [-0.4, -0.2) is 25.8 Å². The van der Waals surface area contributed by atoms with Crippen molar-refractivity contribution < 1.29 is 4.74 Å². The van der Waals surface area contributed by atoms with E-state index in [-0.39, 0.29) is 0 Å². The highest BCUT2D eigenvalue weighted by Gasteiger charge is 2.31. The van der Waals surface area contributed by atoms with Gasteiger partial charge in [0.2, 0.25) is 0 Å². The summed E-state index contributed by atoms with van der Waals surface area (Å²) in [5.74, 6) is 0.532. The van der Waals surface area contributed by atoms with Crippen LogP contribution in [0.5, 0.6) is 0 Å². The predicted octanol–water partition coefficient (Wildman–Crippen LogP) is 3.55. The number of rotatable bonds is 4. The molecule has 2 nitrogen and oxygen atoms in total. The first-order valence-corrected chi connectivity index (χ1v) is 7.10. The highest BCUT2D eigenvalue weighted by molar-refractivity contribution is 6.33. The molecule has 0 saturated carbocycles. The number of benzene rings is 1. The molecule has 0 spiro atoms. The summed E-state index contributed by atoms with van der Waals surface area (Å²) in [6.07, 6.45) is 2.29. The quantitative estimate of drug-likeness (QED) is 0.915. The lowest BCUT2D eigenvalue weighted by molar-refractivity contribution is 0.0963. The monoisotopic (exact) mass is 287 g/mol. The van der Waals surface area contributed by atoms with E-state index in [4.69, 9.17) is 27.9 Å². The van der Waals surface area contributed by atoms with Gasteiger partial charge >= 0.3 is 0 Å². The summed E-state index contributed by atoms with van der Waals surface area (Å²) in [6.45, 7) is 2.99. The predicted molar refractivity (Wildman–Crippen MR) is 76.5 cm³/mol. The van der Waals surface area contributed by atoms with E-state index in [9.17, 15) is 0 Å². The highest BCUT2D eigenvalue weighted by atomic mass is 35.5. The van der Waals surface area contributed by atoms with Crippen LogP contribution in [0, 0.1) is 5.92 Å². The summed E-state index contributed by atoms with van der Waals surface area (Å²) < 4.78 is 5.64. The molecule has 1 aromatic rings. The van der Waals surface area contributed by atoms with Gasteiger partial charge in [0.15, 0.2) is 0 Å². The topological polar surface area (TPSA) is 21.3 Å². The average molecular weight is 288 g/mol. The fraction of sp³-hybridized carbons (Fsp3) is 0.571. The first kappa shape index (κ1) is 14.1. The molecule has 1 saturated heterocycles. The summed E-state index contributed by atoms with van der Waals surface area (Å²) in [5, 5.41) is 4.91. The third-order valence-corrected chi connectivity index (χ3v) is 4.37. The average Bonchev–Trinajstić information content (AvgIpc) is 2.77. The van der Waals surface area contributed by atoms with Crippen LogP contribution in [0.3, 0.4) is 0 Å². The second-order valence-electron chi connectivity index (χ2n) is 4.86. The van der Waals surface area contributed by atoms with Crippen molar-refractivity contribution in [2.45, 2.75) is 31.9 Å². The fourth-order valence-corrected chi connectivity index (χ4v) is 3.07. The van der Waals surface area contributed by atoms with E-state index < -0.39 is 0 Å². The molecule has 0 amide bonds. The Morgan fingerprint density at radius 2 is 2.22 bits per heavy atom. The van der Waals surface area contributed by atoms with Gasteiger partial charge in [0.25, 0.3) is 0 Å². The third-order valence-electron chi connectivity index (χ3n) is 3.77. The minimum absolute atomic E-state index is 0.306. The van der Waals surface area contributed by atoms with Gasteiger partial charge in [0.1, 0.15) is 0 Å². The van der Waals surface area contributed by atoms with E-state index in [1.165, 1.54) is 0 Å². The maximum atomic E-state index is 6.22. The van der Waals surface area contributed by atoms with E-state index in [0.717, 1.165) is 35.1 Å². The van der Waals surface area contributed by atoms with Crippen LogP contribution in [0.25, 0.3) is 0 Å². The molecular formula is C14H19Cl2NO. The second kappa shape index (κ2) is 6.25. The molecule has 1 aromatic carbocycles. The molecule has 0 aromatic heterocycles. The van der Waals surface area contributed by atoms with Crippen molar-refractivity contribution in [2.24, 2.45) is 5.92 Å². The lowest BCUT2D eigenvalue weighted by Gasteiger charge is -2.26. The van der Waals surface area contributed by atoms with Crippen molar-refractivity contribution in [2.75, 3.05) is 13.7 Å². The van der Waals surface area contributed by atoms with Crippen molar-refractivity contribution in [1.82, 2.24) is 5.32 Å². The van der Waals surface area contributed by atoms with Crippen molar-refractivity contribution in [3.05, 3.63) is 33.8 Å². The smallest absolute Gasteiger partial charge is 0.0590 e. The SMILES string of the molecule is CNC(Cc1cc(Cl)ccc1Cl)C1CCOC1C. The molecule has 1 heterocycles. The molecular weight excluding hydrogens is 269 g/mol. The van der Waals surface area contributed by atoms with Crippen LogP contribution in [0.4, 0.5) is 0 Å². The molecule has 0 bridgehead atoms. The molecule has 1 N–H and O–H groups in total. The Morgan fingerprint density at radius 3 is 2.83 bits per heavy atom. The maximum Gasteiger partial charge on any atom is 0.0590 e. The van der Waals surface area contributed by atoms with E-state index in [1.54, 1.807) is 0 Å². The van der Waals surface area contributed by atoms with Crippen LogP contribution in [0.1, 0.15) is 18.9 Å². The van der Waals surface area contributed by atoms with Gasteiger partial charge < -0.3 is 10.1 Å². The Kier molecular flexibility index (Phi) is 4.91. The van der Waals surface area contributed by atoms with Crippen LogP contribution in [-0.2, 0) is 11.2 Å². The summed E-state index contributed by atoms with van der Waals surface area (Å²) >= 11 is 12.3. The Hall–Kier alpha value is -0.280. The van der Waals surface area contributed by atoms with Gasteiger partial charge in [-0.05, 0) is 50.6 Å². The van der Waals surface area contributed by atoms with Crippen LogP contribution in [0.2, 0.25) is 10.0 Å². The molecule has 1 fully saturated rings. The lowest BCUT2D eigenvalue weighted by atomic mass is 9.89. The standard InChI is InChI=1S/C14H19Cl2NO/c1-9-12(5-6-18-9)14(17-2)8-10-7-11(15)3-4-13(10)16/h3-4,7,9,12,14,17H,5-6,8H2,1-2H3. The summed E-state index contributed by atoms with van der Waals surface area (Å²) in [4.78, 5) is 0. The van der Waals surface area contributed by atoms with Gasteiger partial charge in [-0.25, -0.2) is 0 Å². The van der Waals surface area contributed by atoms with Gasteiger partial charge in [-0.1, -0.05) is 23.2 Å². The molecule has 3 atom stereocenters. The second-order valence-corrected chi connectivity index (χ2v) is 5.71. The molecule has 100 valence electrons. The minimum atomic E-state index is 0.306. The van der Waals surface area contributed by atoms with Gasteiger partial charge in [0, 0.05) is 28.6 Å². The Bertz CT molecular complexity index is 411. The first-order valence-electron chi connectivity index (χ1n) is 6.34. The highest BCUT2D eigenvalue weighted by Crippen LogP contribution is 2.28. The summed E-state index contributed by atoms with van der Waals surface area (Å²) in [7, 11) is 1.99. The van der Waals surface area contributed by atoms with Crippen molar-refractivity contribution >= 4 is 23.2 Å². The van der Waals surface area contributed by atoms with Crippen molar-refractivity contribution in [3.63, 3.8) is 0 Å². The van der Waals surface area contributed by atoms with Gasteiger partial charge in [0.05, 0.1) is 6.10 Å². The zero-order valence-electron chi connectivity index (χ0n) is 10.7. The third kappa shape index (κ3) is 3.18. The fourth-order valence-electron chi connectivity index (χ4n) is 2.68. The lowest BCUT2D eigenvalue weighted by Crippen LogP contribution is -2.38.